The van der Waals surface area contributed by atoms with E-state index in [1.54, 1.807) is 24.3 Å². The summed E-state index contributed by atoms with van der Waals surface area (Å²) in [5.74, 6) is -0.932. The van der Waals surface area contributed by atoms with Crippen LogP contribution in [-0.4, -0.2) is 31.2 Å². The molecule has 1 N–H and O–H groups in total. The minimum atomic E-state index is -0.544. The number of anilines is 1. The summed E-state index contributed by atoms with van der Waals surface area (Å²) in [6.45, 7) is 0.204. The Morgan fingerprint density at radius 2 is 2.15 bits per heavy atom. The van der Waals surface area contributed by atoms with E-state index < -0.39 is 18.0 Å². The predicted octanol–water partition coefficient (Wildman–Crippen LogP) is 1.22. The van der Waals surface area contributed by atoms with E-state index in [2.05, 4.69) is 5.32 Å². The Hall–Kier alpha value is -2.39. The highest BCUT2D eigenvalue weighted by Crippen LogP contribution is 2.13. The van der Waals surface area contributed by atoms with Gasteiger partial charge in [-0.25, -0.2) is 4.79 Å². The topological polar surface area (TPSA) is 88.4 Å². The monoisotopic (exact) mass is 274 g/mol. The molecular weight excluding hydrogens is 260 g/mol. The highest BCUT2D eigenvalue weighted by molar-refractivity contribution is 5.93. The minimum Gasteiger partial charge on any atom is -0.454 e. The maximum atomic E-state index is 11.6. The van der Waals surface area contributed by atoms with E-state index in [1.807, 2.05) is 6.07 Å². The third-order valence-electron chi connectivity index (χ3n) is 2.84. The van der Waals surface area contributed by atoms with Gasteiger partial charge in [-0.1, -0.05) is 0 Å². The normalized spacial score (nSPS) is 17.2. The number of esters is 1. The highest BCUT2D eigenvalue weighted by atomic mass is 16.6. The lowest BCUT2D eigenvalue weighted by molar-refractivity contribution is -0.156. The maximum Gasteiger partial charge on any atom is 0.335 e. The fourth-order valence-corrected chi connectivity index (χ4v) is 1.82. The SMILES string of the molecule is N#Cc1ccc(NC(=O)COC(=O)[C@H]2CCCO2)cc1. The number of rotatable bonds is 4. The summed E-state index contributed by atoms with van der Waals surface area (Å²) in [5, 5.41) is 11.2. The number of nitrogens with one attached hydrogen (secondary N) is 1. The Balaban J connectivity index is 1.77. The average molecular weight is 274 g/mol. The molecule has 0 saturated carbocycles. The molecule has 1 aromatic carbocycles. The molecule has 0 bridgehead atoms. The number of nitriles is 1. The van der Waals surface area contributed by atoms with Crippen LogP contribution in [-0.2, 0) is 19.1 Å². The molecule has 0 radical (unpaired) electrons. The minimum absolute atomic E-state index is 0.349. The molecule has 2 rings (SSSR count). The molecule has 1 amide bonds. The molecule has 1 saturated heterocycles. The first-order valence-electron chi connectivity index (χ1n) is 6.27. The summed E-state index contributed by atoms with van der Waals surface area (Å²) in [5.41, 5.74) is 1.05. The summed E-state index contributed by atoms with van der Waals surface area (Å²) in [6, 6.07) is 8.38. The number of carbonyl (C=O) groups is 2. The van der Waals surface area contributed by atoms with Crippen molar-refractivity contribution >= 4 is 17.6 Å². The van der Waals surface area contributed by atoms with Crippen LogP contribution >= 0.6 is 0 Å². The van der Waals surface area contributed by atoms with Crippen LogP contribution in [0.4, 0.5) is 5.69 Å². The quantitative estimate of drug-likeness (QED) is 0.834. The van der Waals surface area contributed by atoms with Crippen molar-refractivity contribution in [3.05, 3.63) is 29.8 Å². The van der Waals surface area contributed by atoms with Gasteiger partial charge in [0.15, 0.2) is 12.7 Å². The number of amides is 1. The zero-order valence-corrected chi connectivity index (χ0v) is 10.8. The Bertz CT molecular complexity index is 527. The molecule has 6 nitrogen and oxygen atoms in total. The van der Waals surface area contributed by atoms with E-state index in [9.17, 15) is 9.59 Å². The summed E-state index contributed by atoms with van der Waals surface area (Å²) >= 11 is 0. The second kappa shape index (κ2) is 6.68. The van der Waals surface area contributed by atoms with E-state index in [-0.39, 0.29) is 6.61 Å². The van der Waals surface area contributed by atoms with Crippen molar-refractivity contribution < 1.29 is 19.1 Å². The van der Waals surface area contributed by atoms with Crippen LogP contribution in [0, 0.1) is 11.3 Å². The molecule has 1 fully saturated rings. The van der Waals surface area contributed by atoms with Gasteiger partial charge >= 0.3 is 5.97 Å². The summed E-state index contributed by atoms with van der Waals surface area (Å²) in [7, 11) is 0. The van der Waals surface area contributed by atoms with Crippen LogP contribution in [0.2, 0.25) is 0 Å². The first kappa shape index (κ1) is 14.0. The number of hydrogen-bond donors (Lipinski definition) is 1. The Labute approximate surface area is 116 Å². The fourth-order valence-electron chi connectivity index (χ4n) is 1.82. The van der Waals surface area contributed by atoms with Gasteiger partial charge in [0, 0.05) is 12.3 Å². The first-order valence-corrected chi connectivity index (χ1v) is 6.27. The molecule has 0 aromatic heterocycles. The second-order valence-electron chi connectivity index (χ2n) is 4.35. The summed E-state index contributed by atoms with van der Waals surface area (Å²) < 4.78 is 10.0. The third-order valence-corrected chi connectivity index (χ3v) is 2.84. The van der Waals surface area contributed by atoms with E-state index in [0.717, 1.165) is 6.42 Å². The summed E-state index contributed by atoms with van der Waals surface area (Å²) in [6.07, 6.45) is 0.922. The zero-order chi connectivity index (χ0) is 14.4. The van der Waals surface area contributed by atoms with E-state index >= 15 is 0 Å². The van der Waals surface area contributed by atoms with Crippen LogP contribution < -0.4 is 5.32 Å². The first-order chi connectivity index (χ1) is 9.69. The van der Waals surface area contributed by atoms with Crippen LogP contribution in [0.15, 0.2) is 24.3 Å². The van der Waals surface area contributed by atoms with E-state index in [1.165, 1.54) is 0 Å². The Morgan fingerprint density at radius 1 is 1.40 bits per heavy atom. The molecule has 1 aromatic rings. The molecule has 20 heavy (non-hydrogen) atoms. The van der Waals surface area contributed by atoms with Gasteiger partial charge in [0.1, 0.15) is 0 Å². The van der Waals surface area contributed by atoms with Crippen LogP contribution in [0.1, 0.15) is 18.4 Å². The van der Waals surface area contributed by atoms with Crippen molar-refractivity contribution in [1.82, 2.24) is 0 Å². The molecule has 1 aliphatic heterocycles. The standard InChI is InChI=1S/C14H14N2O4/c15-8-10-3-5-11(6-4-10)16-13(17)9-20-14(18)12-2-1-7-19-12/h3-6,12H,1-2,7,9H2,(H,16,17)/t12-/m1/s1. The third kappa shape index (κ3) is 3.80. The van der Waals surface area contributed by atoms with Gasteiger partial charge in [-0.15, -0.1) is 0 Å². The zero-order valence-electron chi connectivity index (χ0n) is 10.8. The number of ether oxygens (including phenoxy) is 2. The van der Waals surface area contributed by atoms with Gasteiger partial charge in [0.2, 0.25) is 0 Å². The van der Waals surface area contributed by atoms with Crippen molar-refractivity contribution in [3.8, 4) is 6.07 Å². The lowest BCUT2D eigenvalue weighted by Crippen LogP contribution is -2.27. The molecule has 0 unspecified atom stereocenters. The number of carbonyl (C=O) groups excluding carboxylic acids is 2. The molecule has 1 aliphatic rings. The molecule has 0 spiro atoms. The molecular formula is C14H14N2O4. The maximum absolute atomic E-state index is 11.6. The lowest BCUT2D eigenvalue weighted by atomic mass is 10.2. The van der Waals surface area contributed by atoms with Crippen molar-refractivity contribution in [2.45, 2.75) is 18.9 Å². The van der Waals surface area contributed by atoms with Gasteiger partial charge in [0.05, 0.1) is 11.6 Å². The number of benzene rings is 1. The van der Waals surface area contributed by atoms with Crippen molar-refractivity contribution in [1.29, 1.82) is 5.26 Å². The average Bonchev–Trinajstić information content (AvgIpc) is 3.00. The number of nitrogens with zero attached hydrogens (tertiary/aromatic N) is 1. The Kier molecular flexibility index (Phi) is 4.69. The molecule has 0 aliphatic carbocycles. The summed E-state index contributed by atoms with van der Waals surface area (Å²) in [4.78, 5) is 23.1. The van der Waals surface area contributed by atoms with E-state index in [0.29, 0.717) is 24.3 Å². The molecule has 6 heteroatoms. The second-order valence-corrected chi connectivity index (χ2v) is 4.35. The molecule has 1 atom stereocenters. The van der Waals surface area contributed by atoms with E-state index in [4.69, 9.17) is 14.7 Å². The lowest BCUT2D eigenvalue weighted by Gasteiger charge is -2.09. The van der Waals surface area contributed by atoms with Gasteiger partial charge in [0.25, 0.3) is 5.91 Å². The van der Waals surface area contributed by atoms with Gasteiger partial charge in [-0.2, -0.15) is 5.26 Å². The Morgan fingerprint density at radius 3 is 2.75 bits per heavy atom. The van der Waals surface area contributed by atoms with Crippen LogP contribution in [0.5, 0.6) is 0 Å². The van der Waals surface area contributed by atoms with Gasteiger partial charge in [-0.3, -0.25) is 4.79 Å². The highest BCUT2D eigenvalue weighted by Gasteiger charge is 2.25. The fraction of sp³-hybridized carbons (Fsp3) is 0.357. The van der Waals surface area contributed by atoms with Crippen molar-refractivity contribution in [3.63, 3.8) is 0 Å². The van der Waals surface area contributed by atoms with Crippen LogP contribution in [0.3, 0.4) is 0 Å². The van der Waals surface area contributed by atoms with Crippen molar-refractivity contribution in [2.75, 3.05) is 18.5 Å². The largest absolute Gasteiger partial charge is 0.454 e. The molecule has 1 heterocycles. The van der Waals surface area contributed by atoms with Crippen LogP contribution in [0.25, 0.3) is 0 Å². The smallest absolute Gasteiger partial charge is 0.335 e. The molecule has 104 valence electrons. The van der Waals surface area contributed by atoms with Gasteiger partial charge < -0.3 is 14.8 Å². The van der Waals surface area contributed by atoms with Crippen molar-refractivity contribution in [2.24, 2.45) is 0 Å². The number of hydrogen-bond acceptors (Lipinski definition) is 5. The van der Waals surface area contributed by atoms with Gasteiger partial charge in [-0.05, 0) is 37.1 Å². The predicted molar refractivity (Wildman–Crippen MR) is 69.7 cm³/mol.